The maximum Gasteiger partial charge on any atom is 0.0435 e. The fourth-order valence-electron chi connectivity index (χ4n) is 0.551. The smallest absolute Gasteiger partial charge is 0.0435 e. The van der Waals surface area contributed by atoms with Gasteiger partial charge in [0.25, 0.3) is 0 Å². The van der Waals surface area contributed by atoms with E-state index >= 15 is 0 Å². The van der Waals surface area contributed by atoms with Crippen LogP contribution in [0, 0.1) is 17.6 Å². The summed E-state index contributed by atoms with van der Waals surface area (Å²) in [6.45, 7) is 1.99. The number of thiocyanates is 1. The Morgan fingerprint density at radius 1 is 1.45 bits per heavy atom. The minimum Gasteiger partial charge on any atom is -0.696 e. The van der Waals surface area contributed by atoms with Gasteiger partial charge in [0, 0.05) is 5.02 Å². The standard InChI is InChI=1S/C7H7Cl.CHNS/c1-6-4-2-3-5-7(6)8;2-1-3/h2-5H,1H3;3H/p-1. The molecule has 0 aromatic heterocycles. The van der Waals surface area contributed by atoms with E-state index in [1.807, 2.05) is 31.2 Å². The van der Waals surface area contributed by atoms with Crippen molar-refractivity contribution in [2.75, 3.05) is 0 Å². The molecule has 0 amide bonds. The molecule has 0 aliphatic rings. The highest BCUT2D eigenvalue weighted by molar-refractivity contribution is 7.64. The molecule has 0 bridgehead atoms. The minimum absolute atomic E-state index is 0.840. The molecule has 0 spiro atoms. The Morgan fingerprint density at radius 2 is 1.91 bits per heavy atom. The van der Waals surface area contributed by atoms with Crippen LogP contribution in [0.15, 0.2) is 24.3 Å². The van der Waals surface area contributed by atoms with Gasteiger partial charge in [-0.25, -0.2) is 5.26 Å². The van der Waals surface area contributed by atoms with Crippen molar-refractivity contribution in [2.24, 2.45) is 0 Å². The van der Waals surface area contributed by atoms with Crippen molar-refractivity contribution in [2.45, 2.75) is 6.92 Å². The quantitative estimate of drug-likeness (QED) is 0.457. The summed E-state index contributed by atoms with van der Waals surface area (Å²) in [7, 11) is 0. The Kier molecular flexibility index (Phi) is 5.54. The highest BCUT2D eigenvalue weighted by atomic mass is 35.5. The third-order valence-electron chi connectivity index (χ3n) is 1.08. The van der Waals surface area contributed by atoms with Gasteiger partial charge in [-0.05, 0) is 18.6 Å². The molecule has 11 heavy (non-hydrogen) atoms. The van der Waals surface area contributed by atoms with Gasteiger partial charge < -0.3 is 12.6 Å². The number of nitrogens with zero attached hydrogens (tertiary/aromatic N) is 1. The van der Waals surface area contributed by atoms with E-state index < -0.39 is 0 Å². The number of halogens is 1. The van der Waals surface area contributed by atoms with Gasteiger partial charge in [0.1, 0.15) is 0 Å². The van der Waals surface area contributed by atoms with Gasteiger partial charge in [-0.3, -0.25) is 0 Å². The molecule has 58 valence electrons. The zero-order valence-electron chi connectivity index (χ0n) is 6.04. The maximum atomic E-state index is 7.13. The number of aryl methyl sites for hydroxylation is 1. The Bertz CT molecular complexity index is 234. The summed E-state index contributed by atoms with van der Waals surface area (Å²) in [6, 6.07) is 7.77. The van der Waals surface area contributed by atoms with E-state index in [2.05, 4.69) is 12.6 Å². The summed E-state index contributed by atoms with van der Waals surface area (Å²) < 4.78 is 0. The molecule has 0 aliphatic carbocycles. The number of hydrogen-bond donors (Lipinski definition) is 0. The van der Waals surface area contributed by atoms with E-state index in [0.29, 0.717) is 0 Å². The van der Waals surface area contributed by atoms with Crippen LogP contribution >= 0.6 is 11.6 Å². The Hall–Kier alpha value is -0.780. The molecule has 0 heterocycles. The Labute approximate surface area is 77.0 Å². The molecule has 0 aliphatic heterocycles. The second-order valence-electron chi connectivity index (χ2n) is 1.84. The van der Waals surface area contributed by atoms with E-state index in [4.69, 9.17) is 16.9 Å². The van der Waals surface area contributed by atoms with E-state index in [1.54, 1.807) is 0 Å². The zero-order chi connectivity index (χ0) is 8.69. The van der Waals surface area contributed by atoms with Crippen LogP contribution in [-0.2, 0) is 12.6 Å². The SMILES string of the molecule is Cc1ccccc1Cl.N#C[S-]. The summed E-state index contributed by atoms with van der Waals surface area (Å²) in [5.41, 5.74) is 1.13. The summed E-state index contributed by atoms with van der Waals surface area (Å²) in [5.74, 6) is 0. The molecule has 0 radical (unpaired) electrons. The fraction of sp³-hybridized carbons (Fsp3) is 0.125. The van der Waals surface area contributed by atoms with Crippen LogP contribution in [-0.4, -0.2) is 0 Å². The summed E-state index contributed by atoms with van der Waals surface area (Å²) in [6.07, 6.45) is 0. The van der Waals surface area contributed by atoms with Gasteiger partial charge in [-0.2, -0.15) is 0 Å². The molecule has 0 fully saturated rings. The molecule has 0 N–H and O–H groups in total. The Balaban J connectivity index is 0.000000292. The molecule has 3 heteroatoms. The van der Waals surface area contributed by atoms with E-state index in [1.165, 1.54) is 5.40 Å². The van der Waals surface area contributed by atoms with Gasteiger partial charge in [-0.1, -0.05) is 35.2 Å². The lowest BCUT2D eigenvalue weighted by molar-refractivity contribution is 1.47. The maximum absolute atomic E-state index is 7.13. The molecular weight excluding hydrogens is 178 g/mol. The van der Waals surface area contributed by atoms with Crippen molar-refractivity contribution >= 4 is 24.2 Å². The van der Waals surface area contributed by atoms with Crippen LogP contribution in [0.4, 0.5) is 0 Å². The van der Waals surface area contributed by atoms with Crippen molar-refractivity contribution in [3.8, 4) is 5.40 Å². The van der Waals surface area contributed by atoms with Gasteiger partial charge in [-0.15, -0.1) is 0 Å². The van der Waals surface area contributed by atoms with E-state index in [-0.39, 0.29) is 0 Å². The third-order valence-corrected chi connectivity index (χ3v) is 1.50. The van der Waals surface area contributed by atoms with Gasteiger partial charge in [0.2, 0.25) is 0 Å². The summed E-state index contributed by atoms with van der Waals surface area (Å²) in [5, 5.41) is 9.31. The fourth-order valence-corrected chi connectivity index (χ4v) is 0.687. The van der Waals surface area contributed by atoms with Crippen LogP contribution in [0.2, 0.25) is 5.02 Å². The average Bonchev–Trinajstić information content (AvgIpc) is 1.97. The highest BCUT2D eigenvalue weighted by Crippen LogP contribution is 2.11. The Morgan fingerprint density at radius 3 is 2.18 bits per heavy atom. The van der Waals surface area contributed by atoms with Crippen LogP contribution < -0.4 is 0 Å². The first-order chi connectivity index (χ1) is 5.22. The number of benzene rings is 1. The molecule has 0 atom stereocenters. The topological polar surface area (TPSA) is 23.8 Å². The van der Waals surface area contributed by atoms with Crippen LogP contribution in [0.25, 0.3) is 0 Å². The second kappa shape index (κ2) is 5.96. The van der Waals surface area contributed by atoms with Crippen LogP contribution in [0.1, 0.15) is 5.56 Å². The van der Waals surface area contributed by atoms with Crippen LogP contribution in [0.5, 0.6) is 0 Å². The molecule has 0 unspecified atom stereocenters. The predicted molar refractivity (Wildman–Crippen MR) is 49.2 cm³/mol. The van der Waals surface area contributed by atoms with Crippen molar-refractivity contribution in [1.29, 1.82) is 5.26 Å². The molecule has 0 saturated carbocycles. The normalized spacial score (nSPS) is 7.36. The molecule has 1 aromatic rings. The first kappa shape index (κ1) is 10.2. The summed E-state index contributed by atoms with van der Waals surface area (Å²) in [4.78, 5) is 0. The third kappa shape index (κ3) is 4.60. The van der Waals surface area contributed by atoms with Gasteiger partial charge >= 0.3 is 0 Å². The predicted octanol–water partition coefficient (Wildman–Crippen LogP) is 2.66. The lowest BCUT2D eigenvalue weighted by Gasteiger charge is -1.90. The van der Waals surface area contributed by atoms with Gasteiger partial charge in [0.15, 0.2) is 0 Å². The molecule has 1 rings (SSSR count). The van der Waals surface area contributed by atoms with Crippen molar-refractivity contribution in [3.05, 3.63) is 34.9 Å². The summed E-state index contributed by atoms with van der Waals surface area (Å²) >= 11 is 9.41. The lowest BCUT2D eigenvalue weighted by atomic mass is 10.2. The zero-order valence-corrected chi connectivity index (χ0v) is 7.62. The second-order valence-corrected chi connectivity index (χ2v) is 2.43. The number of rotatable bonds is 0. The molecular formula is C8H7ClNS-. The average molecular weight is 185 g/mol. The van der Waals surface area contributed by atoms with E-state index in [9.17, 15) is 0 Å². The van der Waals surface area contributed by atoms with Crippen molar-refractivity contribution in [3.63, 3.8) is 0 Å². The first-order valence-electron chi connectivity index (χ1n) is 2.94. The monoisotopic (exact) mass is 184 g/mol. The van der Waals surface area contributed by atoms with Crippen molar-refractivity contribution < 1.29 is 0 Å². The minimum atomic E-state index is 0.840. The largest absolute Gasteiger partial charge is 0.696 e. The molecule has 1 nitrogen and oxygen atoms in total. The first-order valence-corrected chi connectivity index (χ1v) is 3.73. The van der Waals surface area contributed by atoms with Crippen molar-refractivity contribution in [1.82, 2.24) is 0 Å². The van der Waals surface area contributed by atoms with E-state index in [0.717, 1.165) is 10.6 Å². The number of hydrogen-bond acceptors (Lipinski definition) is 2. The van der Waals surface area contributed by atoms with Crippen LogP contribution in [0.3, 0.4) is 0 Å². The molecule has 0 saturated heterocycles. The lowest BCUT2D eigenvalue weighted by Crippen LogP contribution is -1.68. The molecule has 1 aromatic carbocycles. The number of nitriles is 1. The van der Waals surface area contributed by atoms with Gasteiger partial charge in [0.05, 0.1) is 0 Å². The highest BCUT2D eigenvalue weighted by Gasteiger charge is 1.86.